The summed E-state index contributed by atoms with van der Waals surface area (Å²) < 4.78 is 27.8. The van der Waals surface area contributed by atoms with Gasteiger partial charge in [0.1, 0.15) is 0 Å². The Kier molecular flexibility index (Phi) is 7.17. The third-order valence-corrected chi connectivity index (χ3v) is 7.31. The number of carbonyl (C=O) groups excluding carboxylic acids is 1. The first kappa shape index (κ1) is 23.8. The van der Waals surface area contributed by atoms with E-state index in [2.05, 4.69) is 15.7 Å². The number of halogens is 1. The molecule has 0 unspecified atom stereocenters. The molecule has 7 nitrogen and oxygen atoms in total. The molecular weight excluding hydrogens is 472 g/mol. The zero-order valence-corrected chi connectivity index (χ0v) is 19.9. The lowest BCUT2D eigenvalue weighted by Gasteiger charge is -2.34. The number of hydrogen-bond acceptors (Lipinski definition) is 5. The summed E-state index contributed by atoms with van der Waals surface area (Å²) in [5.41, 5.74) is 2.62. The predicted octanol–water partition coefficient (Wildman–Crippen LogP) is 3.97. The molecule has 0 radical (unpaired) electrons. The normalized spacial score (nSPS) is 14.4. The number of hydrogen-bond donors (Lipinski definition) is 1. The van der Waals surface area contributed by atoms with Crippen LogP contribution in [0.15, 0.2) is 77.7 Å². The lowest BCUT2D eigenvalue weighted by molar-refractivity contribution is 0.0628. The van der Waals surface area contributed by atoms with Gasteiger partial charge < -0.3 is 4.90 Å². The Morgan fingerprint density at radius 2 is 1.53 bits per heavy atom. The minimum Gasteiger partial charge on any atom is -0.336 e. The number of nitrogens with zero attached hydrogens (tertiary/aromatic N) is 3. The number of rotatable bonds is 6. The van der Waals surface area contributed by atoms with Crippen LogP contribution in [0, 0.1) is 11.3 Å². The Morgan fingerprint density at radius 1 is 0.912 bits per heavy atom. The van der Waals surface area contributed by atoms with Crippen LogP contribution in [0.5, 0.6) is 0 Å². The maximum absolute atomic E-state index is 12.9. The molecule has 3 aromatic rings. The lowest BCUT2D eigenvalue weighted by Crippen LogP contribution is -2.48. The summed E-state index contributed by atoms with van der Waals surface area (Å²) in [6.45, 7) is 3.42. The Balaban J connectivity index is 1.33. The number of benzene rings is 3. The van der Waals surface area contributed by atoms with Gasteiger partial charge in [-0.25, -0.2) is 8.42 Å². The third-order valence-electron chi connectivity index (χ3n) is 5.66. The fourth-order valence-corrected chi connectivity index (χ4v) is 4.93. The quantitative estimate of drug-likeness (QED) is 0.559. The highest BCUT2D eigenvalue weighted by atomic mass is 35.5. The van der Waals surface area contributed by atoms with Crippen LogP contribution in [-0.4, -0.2) is 50.3 Å². The average Bonchev–Trinajstić information content (AvgIpc) is 2.86. The van der Waals surface area contributed by atoms with Crippen molar-refractivity contribution in [3.05, 3.63) is 94.5 Å². The van der Waals surface area contributed by atoms with E-state index in [1.807, 2.05) is 24.3 Å². The summed E-state index contributed by atoms with van der Waals surface area (Å²) in [6, 6.07) is 22.0. The van der Waals surface area contributed by atoms with Gasteiger partial charge in [-0.2, -0.15) is 5.26 Å². The molecule has 1 saturated heterocycles. The summed E-state index contributed by atoms with van der Waals surface area (Å²) in [5.74, 6) is -0.118. The smallest absolute Gasteiger partial charge is 0.261 e. The van der Waals surface area contributed by atoms with Gasteiger partial charge in [-0.1, -0.05) is 23.7 Å². The number of carbonyl (C=O) groups is 1. The molecule has 0 aliphatic carbocycles. The van der Waals surface area contributed by atoms with Crippen molar-refractivity contribution < 1.29 is 13.2 Å². The first-order valence-electron chi connectivity index (χ1n) is 10.7. The van der Waals surface area contributed by atoms with Crippen LogP contribution in [0.2, 0.25) is 5.02 Å². The minimum absolute atomic E-state index is 0.0752. The SMILES string of the molecule is N#Cc1ccc(CN2CCN(C(=O)c3ccc(S(=O)(=O)Nc4ccc(Cl)cc4)cc3)CC2)cc1. The fraction of sp³-hybridized carbons (Fsp3) is 0.200. The number of amides is 1. The second-order valence-corrected chi connectivity index (χ2v) is 10.1. The molecule has 0 aromatic heterocycles. The molecule has 174 valence electrons. The van der Waals surface area contributed by atoms with Crippen LogP contribution in [0.1, 0.15) is 21.5 Å². The maximum atomic E-state index is 12.9. The molecule has 1 fully saturated rings. The largest absolute Gasteiger partial charge is 0.336 e. The molecule has 1 amide bonds. The van der Waals surface area contributed by atoms with Gasteiger partial charge in [-0.15, -0.1) is 0 Å². The Morgan fingerprint density at radius 3 is 2.12 bits per heavy atom. The van der Waals surface area contributed by atoms with Crippen molar-refractivity contribution in [2.24, 2.45) is 0 Å². The van der Waals surface area contributed by atoms with Crippen LogP contribution < -0.4 is 4.72 Å². The average molecular weight is 495 g/mol. The van der Waals surface area contributed by atoms with Crippen molar-refractivity contribution in [3.63, 3.8) is 0 Å². The molecule has 0 saturated carbocycles. The Labute approximate surface area is 204 Å². The standard InChI is InChI=1S/C25H23ClN4O3S/c26-22-7-9-23(10-8-22)28-34(32,33)24-11-5-21(6-12-24)25(31)30-15-13-29(14-16-30)18-20-3-1-19(17-27)2-4-20/h1-12,28H,13-16,18H2. The zero-order valence-electron chi connectivity index (χ0n) is 18.3. The lowest BCUT2D eigenvalue weighted by atomic mass is 10.1. The van der Waals surface area contributed by atoms with E-state index in [0.29, 0.717) is 34.9 Å². The van der Waals surface area contributed by atoms with Gasteiger partial charge in [0, 0.05) is 49.0 Å². The topological polar surface area (TPSA) is 93.5 Å². The summed E-state index contributed by atoms with van der Waals surface area (Å²) in [6.07, 6.45) is 0. The molecule has 1 aliphatic rings. The molecule has 4 rings (SSSR count). The molecule has 0 atom stereocenters. The van der Waals surface area contributed by atoms with E-state index in [1.54, 1.807) is 41.3 Å². The maximum Gasteiger partial charge on any atom is 0.261 e. The summed E-state index contributed by atoms with van der Waals surface area (Å²) in [7, 11) is -3.78. The summed E-state index contributed by atoms with van der Waals surface area (Å²) >= 11 is 5.84. The number of anilines is 1. The van der Waals surface area contributed by atoms with Gasteiger partial charge in [0.25, 0.3) is 15.9 Å². The second-order valence-electron chi connectivity index (χ2n) is 8.01. The first-order chi connectivity index (χ1) is 16.3. The highest BCUT2D eigenvalue weighted by molar-refractivity contribution is 7.92. The molecule has 3 aromatic carbocycles. The molecule has 1 heterocycles. The number of nitrogens with one attached hydrogen (secondary N) is 1. The van der Waals surface area contributed by atoms with E-state index < -0.39 is 10.0 Å². The highest BCUT2D eigenvalue weighted by Gasteiger charge is 2.23. The van der Waals surface area contributed by atoms with Crippen LogP contribution >= 0.6 is 11.6 Å². The van der Waals surface area contributed by atoms with Gasteiger partial charge in [-0.3, -0.25) is 14.4 Å². The van der Waals surface area contributed by atoms with Gasteiger partial charge >= 0.3 is 0 Å². The van der Waals surface area contributed by atoms with Crippen molar-refractivity contribution in [2.75, 3.05) is 30.9 Å². The first-order valence-corrected chi connectivity index (χ1v) is 12.6. The van der Waals surface area contributed by atoms with E-state index in [-0.39, 0.29) is 10.8 Å². The van der Waals surface area contributed by atoms with E-state index in [0.717, 1.165) is 25.2 Å². The van der Waals surface area contributed by atoms with Crippen molar-refractivity contribution in [1.29, 1.82) is 5.26 Å². The van der Waals surface area contributed by atoms with Crippen molar-refractivity contribution in [2.45, 2.75) is 11.4 Å². The van der Waals surface area contributed by atoms with Gasteiger partial charge in [0.05, 0.1) is 16.5 Å². The molecule has 34 heavy (non-hydrogen) atoms. The van der Waals surface area contributed by atoms with E-state index in [1.165, 1.54) is 12.1 Å². The molecule has 9 heteroatoms. The zero-order chi connectivity index (χ0) is 24.1. The fourth-order valence-electron chi connectivity index (χ4n) is 3.74. The van der Waals surface area contributed by atoms with Crippen molar-refractivity contribution >= 4 is 33.2 Å². The third kappa shape index (κ3) is 5.75. The number of nitriles is 1. The van der Waals surface area contributed by atoms with Crippen LogP contribution in [0.25, 0.3) is 0 Å². The minimum atomic E-state index is -3.78. The Hall–Kier alpha value is -3.38. The number of sulfonamides is 1. The molecule has 0 bridgehead atoms. The van der Waals surface area contributed by atoms with E-state index >= 15 is 0 Å². The predicted molar refractivity (Wildman–Crippen MR) is 131 cm³/mol. The monoisotopic (exact) mass is 494 g/mol. The number of piperazine rings is 1. The van der Waals surface area contributed by atoms with E-state index in [9.17, 15) is 13.2 Å². The second kappa shape index (κ2) is 10.3. The Bertz CT molecular complexity index is 1290. The highest BCUT2D eigenvalue weighted by Crippen LogP contribution is 2.20. The molecular formula is C25H23ClN4O3S. The summed E-state index contributed by atoms with van der Waals surface area (Å²) in [5, 5.41) is 9.43. The molecule has 1 N–H and O–H groups in total. The summed E-state index contributed by atoms with van der Waals surface area (Å²) in [4.78, 5) is 17.0. The van der Waals surface area contributed by atoms with Gasteiger partial charge in [-0.05, 0) is 66.2 Å². The van der Waals surface area contributed by atoms with Crippen molar-refractivity contribution in [3.8, 4) is 6.07 Å². The van der Waals surface area contributed by atoms with Crippen molar-refractivity contribution in [1.82, 2.24) is 9.80 Å². The molecule has 1 aliphatic heterocycles. The van der Waals surface area contributed by atoms with E-state index in [4.69, 9.17) is 16.9 Å². The van der Waals surface area contributed by atoms with Crippen LogP contribution in [0.4, 0.5) is 5.69 Å². The van der Waals surface area contributed by atoms with Gasteiger partial charge in [0.2, 0.25) is 0 Å². The van der Waals surface area contributed by atoms with Crippen LogP contribution in [-0.2, 0) is 16.6 Å². The van der Waals surface area contributed by atoms with Crippen LogP contribution in [0.3, 0.4) is 0 Å². The van der Waals surface area contributed by atoms with Gasteiger partial charge in [0.15, 0.2) is 0 Å². The molecule has 0 spiro atoms.